The lowest BCUT2D eigenvalue weighted by Gasteiger charge is -1.99. The molecule has 4 nitrogen and oxygen atoms in total. The summed E-state index contributed by atoms with van der Waals surface area (Å²) < 4.78 is 0. The Labute approximate surface area is 81.8 Å². The third kappa shape index (κ3) is 2.44. The van der Waals surface area contributed by atoms with Crippen LogP contribution >= 0.6 is 0 Å². The average Bonchev–Trinajstić information content (AvgIpc) is 2.16. The molecular weight excluding hydrogens is 178 g/mol. The second-order valence-corrected chi connectivity index (χ2v) is 2.66. The van der Waals surface area contributed by atoms with Crippen molar-refractivity contribution in [1.29, 1.82) is 0 Å². The molecular formula is C10H9N3O. The number of phenols is 1. The lowest BCUT2D eigenvalue weighted by Crippen LogP contribution is -1.82. The number of hydrogen-bond donors (Lipinski definition) is 1. The van der Waals surface area contributed by atoms with Crippen LogP contribution in [-0.4, -0.2) is 11.7 Å². The Bertz CT molecular complexity index is 416. The first-order valence-corrected chi connectivity index (χ1v) is 4.04. The van der Waals surface area contributed by atoms with Gasteiger partial charge in [0.25, 0.3) is 0 Å². The summed E-state index contributed by atoms with van der Waals surface area (Å²) in [6.45, 7) is 1.97. The highest BCUT2D eigenvalue weighted by Gasteiger charge is 1.98. The van der Waals surface area contributed by atoms with E-state index in [0.717, 1.165) is 5.56 Å². The van der Waals surface area contributed by atoms with E-state index in [2.05, 4.69) is 21.9 Å². The molecule has 14 heavy (non-hydrogen) atoms. The van der Waals surface area contributed by atoms with Crippen molar-refractivity contribution in [3.05, 3.63) is 39.8 Å². The molecule has 4 heteroatoms. The number of rotatable bonds is 1. The van der Waals surface area contributed by atoms with Gasteiger partial charge in [-0.25, -0.2) is 0 Å². The molecule has 1 rings (SSSR count). The van der Waals surface area contributed by atoms with Gasteiger partial charge in [-0.15, -0.1) is 0 Å². The largest absolute Gasteiger partial charge is 0.507 e. The lowest BCUT2D eigenvalue weighted by atomic mass is 10.1. The summed E-state index contributed by atoms with van der Waals surface area (Å²) in [4.78, 5) is 2.57. The smallest absolute Gasteiger partial charge is 0.131 e. The van der Waals surface area contributed by atoms with E-state index in [1.54, 1.807) is 12.1 Å². The van der Waals surface area contributed by atoms with E-state index in [1.165, 1.54) is 0 Å². The molecule has 0 saturated carbocycles. The van der Waals surface area contributed by atoms with Crippen LogP contribution in [0, 0.1) is 18.8 Å². The quantitative estimate of drug-likeness (QED) is 0.312. The van der Waals surface area contributed by atoms with Gasteiger partial charge in [0.05, 0.1) is 12.1 Å². The van der Waals surface area contributed by atoms with E-state index in [-0.39, 0.29) is 12.3 Å². The highest BCUT2D eigenvalue weighted by atomic mass is 16.3. The van der Waals surface area contributed by atoms with Crippen molar-refractivity contribution >= 4 is 0 Å². The molecule has 0 heterocycles. The fraction of sp³-hybridized carbons (Fsp3) is 0.200. The van der Waals surface area contributed by atoms with E-state index >= 15 is 0 Å². The molecule has 0 atom stereocenters. The van der Waals surface area contributed by atoms with Crippen LogP contribution in [0.2, 0.25) is 0 Å². The Morgan fingerprint density at radius 1 is 1.57 bits per heavy atom. The number of azide groups is 1. The lowest BCUT2D eigenvalue weighted by molar-refractivity contribution is 0.473. The molecule has 70 valence electrons. The molecule has 0 saturated heterocycles. The van der Waals surface area contributed by atoms with E-state index in [4.69, 9.17) is 5.53 Å². The molecule has 0 unspecified atom stereocenters. The topological polar surface area (TPSA) is 69.0 Å². The predicted molar refractivity (Wildman–Crippen MR) is 53.7 cm³/mol. The van der Waals surface area contributed by atoms with Crippen molar-refractivity contribution in [2.24, 2.45) is 5.11 Å². The van der Waals surface area contributed by atoms with Crippen LogP contribution in [0.4, 0.5) is 0 Å². The summed E-state index contributed by atoms with van der Waals surface area (Å²) in [5, 5.41) is 12.7. The summed E-state index contributed by atoms with van der Waals surface area (Å²) in [5.41, 5.74) is 9.50. The molecule has 0 aliphatic carbocycles. The van der Waals surface area contributed by atoms with Crippen LogP contribution in [0.25, 0.3) is 10.4 Å². The van der Waals surface area contributed by atoms with Gasteiger partial charge in [0.2, 0.25) is 0 Å². The zero-order valence-corrected chi connectivity index (χ0v) is 7.73. The first kappa shape index (κ1) is 9.97. The zero-order valence-electron chi connectivity index (χ0n) is 7.73. The number of benzene rings is 1. The monoisotopic (exact) mass is 187 g/mol. The van der Waals surface area contributed by atoms with Crippen LogP contribution in [0.5, 0.6) is 5.75 Å². The number of aromatic hydroxyl groups is 1. The summed E-state index contributed by atoms with van der Waals surface area (Å²) in [7, 11) is 0. The zero-order chi connectivity index (χ0) is 10.4. The Hall–Kier alpha value is -2.11. The molecule has 0 bridgehead atoms. The highest BCUT2D eigenvalue weighted by molar-refractivity contribution is 5.50. The van der Waals surface area contributed by atoms with Crippen molar-refractivity contribution in [3.63, 3.8) is 0 Å². The number of hydrogen-bond acceptors (Lipinski definition) is 2. The SMILES string of the molecule is Cc1cccc(O)c1C#CCN=[N+]=[N-]. The fourth-order valence-corrected chi connectivity index (χ4v) is 1.01. The summed E-state index contributed by atoms with van der Waals surface area (Å²) in [6, 6.07) is 5.19. The Morgan fingerprint density at radius 3 is 3.00 bits per heavy atom. The van der Waals surface area contributed by atoms with Crippen LogP contribution in [0.3, 0.4) is 0 Å². The second kappa shape index (κ2) is 4.80. The van der Waals surface area contributed by atoms with Crippen molar-refractivity contribution < 1.29 is 5.11 Å². The summed E-state index contributed by atoms with van der Waals surface area (Å²) in [6.07, 6.45) is 0. The fourth-order valence-electron chi connectivity index (χ4n) is 1.01. The van der Waals surface area contributed by atoms with Gasteiger partial charge in [-0.3, -0.25) is 0 Å². The van der Waals surface area contributed by atoms with Crippen molar-refractivity contribution in [2.75, 3.05) is 6.54 Å². The first-order chi connectivity index (χ1) is 6.75. The Balaban J connectivity index is 2.94. The first-order valence-electron chi connectivity index (χ1n) is 4.04. The molecule has 0 radical (unpaired) electrons. The van der Waals surface area contributed by atoms with Crippen molar-refractivity contribution in [3.8, 4) is 17.6 Å². The van der Waals surface area contributed by atoms with Gasteiger partial charge in [-0.2, -0.15) is 0 Å². The van der Waals surface area contributed by atoms with E-state index in [9.17, 15) is 5.11 Å². The van der Waals surface area contributed by atoms with Gasteiger partial charge < -0.3 is 5.11 Å². The Kier molecular flexibility index (Phi) is 3.42. The minimum absolute atomic E-state index is 0.115. The number of phenolic OH excluding ortho intramolecular Hbond substituents is 1. The average molecular weight is 187 g/mol. The van der Waals surface area contributed by atoms with Crippen molar-refractivity contribution in [2.45, 2.75) is 6.92 Å². The minimum Gasteiger partial charge on any atom is -0.507 e. The minimum atomic E-state index is 0.115. The molecule has 1 N–H and O–H groups in total. The molecule has 0 amide bonds. The maximum Gasteiger partial charge on any atom is 0.131 e. The van der Waals surface area contributed by atoms with Gasteiger partial charge >= 0.3 is 0 Å². The summed E-state index contributed by atoms with van der Waals surface area (Å²) in [5.74, 6) is 5.56. The molecule has 0 aliphatic heterocycles. The van der Waals surface area contributed by atoms with E-state index in [0.29, 0.717) is 5.56 Å². The molecule has 0 fully saturated rings. The van der Waals surface area contributed by atoms with Crippen LogP contribution in [0.15, 0.2) is 23.3 Å². The second-order valence-electron chi connectivity index (χ2n) is 2.66. The van der Waals surface area contributed by atoms with Gasteiger partial charge in [-0.1, -0.05) is 29.1 Å². The maximum absolute atomic E-state index is 9.44. The van der Waals surface area contributed by atoms with Crippen LogP contribution in [-0.2, 0) is 0 Å². The van der Waals surface area contributed by atoms with E-state index in [1.807, 2.05) is 13.0 Å². The summed E-state index contributed by atoms with van der Waals surface area (Å²) >= 11 is 0. The standard InChI is InChI=1S/C10H9N3O/c1-8-4-2-6-10(14)9(8)5-3-7-12-13-11/h2,4,6,14H,7H2,1H3. The molecule has 0 spiro atoms. The van der Waals surface area contributed by atoms with Crippen LogP contribution < -0.4 is 0 Å². The third-order valence-corrected chi connectivity index (χ3v) is 1.68. The predicted octanol–water partition coefficient (Wildman–Crippen LogP) is 2.36. The Morgan fingerprint density at radius 2 is 2.36 bits per heavy atom. The van der Waals surface area contributed by atoms with E-state index < -0.39 is 0 Å². The molecule has 1 aromatic rings. The van der Waals surface area contributed by atoms with Gasteiger partial charge in [0.15, 0.2) is 0 Å². The molecule has 1 aromatic carbocycles. The number of nitrogens with zero attached hydrogens (tertiary/aromatic N) is 3. The van der Waals surface area contributed by atoms with Gasteiger partial charge in [0.1, 0.15) is 5.75 Å². The number of aryl methyl sites for hydroxylation is 1. The van der Waals surface area contributed by atoms with Gasteiger partial charge in [-0.05, 0) is 24.1 Å². The highest BCUT2D eigenvalue weighted by Crippen LogP contribution is 2.18. The van der Waals surface area contributed by atoms with Crippen LogP contribution in [0.1, 0.15) is 11.1 Å². The van der Waals surface area contributed by atoms with Crippen molar-refractivity contribution in [1.82, 2.24) is 0 Å². The van der Waals surface area contributed by atoms with Gasteiger partial charge in [0, 0.05) is 4.91 Å². The molecule has 0 aromatic heterocycles. The third-order valence-electron chi connectivity index (χ3n) is 1.68. The normalized spacial score (nSPS) is 8.36. The maximum atomic E-state index is 9.44. The molecule has 0 aliphatic rings.